The fraction of sp³-hybridized carbons (Fsp3) is 0.208. The molecular weight excluding hydrogens is 362 g/mol. The number of nitrogens with zero attached hydrogens (tertiary/aromatic N) is 3. The van der Waals surface area contributed by atoms with Crippen LogP contribution in [-0.4, -0.2) is 18.7 Å². The highest BCUT2D eigenvalue weighted by molar-refractivity contribution is 5.70. The van der Waals surface area contributed by atoms with Crippen LogP contribution >= 0.6 is 0 Å². The molecule has 0 amide bonds. The first-order chi connectivity index (χ1) is 14.2. The maximum atomic E-state index is 5.98. The molecule has 0 aliphatic heterocycles. The fourth-order valence-corrected chi connectivity index (χ4v) is 3.14. The van der Waals surface area contributed by atoms with Crippen molar-refractivity contribution in [3.8, 4) is 5.69 Å². The lowest BCUT2D eigenvalue weighted by molar-refractivity contribution is -0.652. The summed E-state index contributed by atoms with van der Waals surface area (Å²) in [6.07, 6.45) is 5.96. The molecule has 0 aliphatic rings. The van der Waals surface area contributed by atoms with E-state index in [1.165, 1.54) is 0 Å². The van der Waals surface area contributed by atoms with Gasteiger partial charge in [0.25, 0.3) is 5.52 Å². The van der Waals surface area contributed by atoms with Gasteiger partial charge in [0.05, 0.1) is 7.11 Å². The van der Waals surface area contributed by atoms with Gasteiger partial charge in [-0.3, -0.25) is 0 Å². The van der Waals surface area contributed by atoms with Gasteiger partial charge in [0.1, 0.15) is 13.1 Å². The lowest BCUT2D eigenvalue weighted by Crippen LogP contribution is -2.30. The molecule has 0 spiro atoms. The highest BCUT2D eigenvalue weighted by Gasteiger charge is 2.19. The topological polar surface area (TPSA) is 34.4 Å². The molecule has 5 heteroatoms. The number of hydrogen-bond donors (Lipinski definition) is 0. The largest absolute Gasteiger partial charge is 0.482 e. The molecule has 0 atom stereocenters. The minimum Gasteiger partial charge on any atom is -0.482 e. The molecule has 2 aromatic heterocycles. The van der Waals surface area contributed by atoms with Gasteiger partial charge in [-0.2, -0.15) is 4.57 Å². The van der Waals surface area contributed by atoms with Crippen LogP contribution in [0.3, 0.4) is 0 Å². The lowest BCUT2D eigenvalue weighted by atomic mass is 10.2. The van der Waals surface area contributed by atoms with Crippen LogP contribution in [0.5, 0.6) is 0 Å². The predicted octanol–water partition coefficient (Wildman–Crippen LogP) is 5.16. The van der Waals surface area contributed by atoms with Crippen molar-refractivity contribution in [1.29, 1.82) is 0 Å². The summed E-state index contributed by atoms with van der Waals surface area (Å²) in [6, 6.07) is 20.3. The molecule has 0 N–H and O–H groups in total. The number of anilines is 1. The number of aromatic nitrogens is 2. The van der Waals surface area contributed by atoms with Crippen molar-refractivity contribution < 1.29 is 13.7 Å². The van der Waals surface area contributed by atoms with E-state index in [1.807, 2.05) is 98.3 Å². The normalized spacial score (nSPS) is 11.1. The summed E-state index contributed by atoms with van der Waals surface area (Å²) >= 11 is 0. The molecule has 4 rings (SSSR count). The first-order valence-electron chi connectivity index (χ1n) is 9.78. The van der Waals surface area contributed by atoms with E-state index in [-0.39, 0.29) is 0 Å². The third-order valence-electron chi connectivity index (χ3n) is 4.68. The number of ether oxygens (including phenoxy) is 1. The number of hydrogen-bond acceptors (Lipinski definition) is 3. The Hall–Kier alpha value is -3.47. The predicted molar refractivity (Wildman–Crippen MR) is 118 cm³/mol. The molecule has 0 saturated carbocycles. The highest BCUT2D eigenvalue weighted by atomic mass is 16.5. The zero-order valence-corrected chi connectivity index (χ0v) is 17.7. The monoisotopic (exact) mass is 390 g/mol. The van der Waals surface area contributed by atoms with Crippen LogP contribution in [-0.2, 0) is 11.8 Å². The average molecular weight is 391 g/mol. The molecule has 5 nitrogen and oxygen atoms in total. The zero-order chi connectivity index (χ0) is 20.8. The standard InChI is InChI=1S/C22H22N3O2.C2H6/c1-23(17-9-8-10-18(15-17)25-13-6-7-14-25)21(26-3)16-22-24(2)19-11-4-5-12-20(19)27-22;1-2/h4-16H,1-3H3;1-2H3/q+1;. The van der Waals surface area contributed by atoms with Gasteiger partial charge < -0.3 is 18.6 Å². The number of fused-ring (bicyclic) bond motifs is 1. The Balaban J connectivity index is 0.00000117. The summed E-state index contributed by atoms with van der Waals surface area (Å²) in [5.74, 6) is 1.41. The van der Waals surface area contributed by atoms with Crippen molar-refractivity contribution in [2.45, 2.75) is 13.8 Å². The highest BCUT2D eigenvalue weighted by Crippen LogP contribution is 2.23. The van der Waals surface area contributed by atoms with Gasteiger partial charge in [-0.1, -0.05) is 32.0 Å². The van der Waals surface area contributed by atoms with Crippen LogP contribution in [0, 0.1) is 0 Å². The Morgan fingerprint density at radius 3 is 2.45 bits per heavy atom. The van der Waals surface area contributed by atoms with Crippen molar-refractivity contribution in [1.82, 2.24) is 4.57 Å². The Bertz CT molecular complexity index is 1090. The van der Waals surface area contributed by atoms with Gasteiger partial charge >= 0.3 is 5.89 Å². The third-order valence-corrected chi connectivity index (χ3v) is 4.68. The SMILES string of the molecule is CC.COC(=Cc1oc2ccccc2[n+]1C)N(C)c1cccc(-n2cccc2)c1. The van der Waals surface area contributed by atoms with Gasteiger partial charge in [-0.15, -0.1) is 0 Å². The summed E-state index contributed by atoms with van der Waals surface area (Å²) < 4.78 is 15.7. The van der Waals surface area contributed by atoms with Crippen LogP contribution in [0.2, 0.25) is 0 Å². The third kappa shape index (κ3) is 4.19. The second kappa shape index (κ2) is 9.15. The Labute approximate surface area is 172 Å². The summed E-state index contributed by atoms with van der Waals surface area (Å²) in [5.41, 5.74) is 4.00. The van der Waals surface area contributed by atoms with E-state index in [2.05, 4.69) is 22.8 Å². The Kier molecular flexibility index (Phi) is 6.39. The van der Waals surface area contributed by atoms with E-state index in [9.17, 15) is 0 Å². The molecule has 0 unspecified atom stereocenters. The lowest BCUT2D eigenvalue weighted by Gasteiger charge is -2.21. The second-order valence-corrected chi connectivity index (χ2v) is 6.32. The molecule has 150 valence electrons. The number of para-hydroxylation sites is 2. The molecule has 2 aromatic carbocycles. The molecule has 0 saturated heterocycles. The van der Waals surface area contributed by atoms with E-state index in [1.54, 1.807) is 7.11 Å². The summed E-state index contributed by atoms with van der Waals surface area (Å²) in [5, 5.41) is 0. The Morgan fingerprint density at radius 1 is 1.03 bits per heavy atom. The van der Waals surface area contributed by atoms with Crippen LogP contribution in [0.15, 0.2) is 83.4 Å². The average Bonchev–Trinajstić information content (AvgIpc) is 3.42. The van der Waals surface area contributed by atoms with Crippen LogP contribution < -0.4 is 9.47 Å². The summed E-state index contributed by atoms with van der Waals surface area (Å²) in [6.45, 7) is 4.00. The summed E-state index contributed by atoms with van der Waals surface area (Å²) in [7, 11) is 5.63. The van der Waals surface area contributed by atoms with Gasteiger partial charge in [-0.05, 0) is 36.4 Å². The van der Waals surface area contributed by atoms with Crippen LogP contribution in [0.1, 0.15) is 19.7 Å². The molecule has 29 heavy (non-hydrogen) atoms. The number of benzene rings is 2. The summed E-state index contributed by atoms with van der Waals surface area (Å²) in [4.78, 5) is 2.00. The van der Waals surface area contributed by atoms with E-state index in [4.69, 9.17) is 9.15 Å². The molecule has 4 aromatic rings. The van der Waals surface area contributed by atoms with Crippen molar-refractivity contribution in [3.63, 3.8) is 0 Å². The van der Waals surface area contributed by atoms with Gasteiger partial charge in [-0.25, -0.2) is 0 Å². The van der Waals surface area contributed by atoms with Crippen LogP contribution in [0.4, 0.5) is 5.69 Å². The van der Waals surface area contributed by atoms with Crippen LogP contribution in [0.25, 0.3) is 22.9 Å². The van der Waals surface area contributed by atoms with E-state index in [0.29, 0.717) is 5.88 Å². The Morgan fingerprint density at radius 2 is 1.76 bits per heavy atom. The first kappa shape index (κ1) is 20.3. The molecule has 2 heterocycles. The maximum Gasteiger partial charge on any atom is 0.379 e. The quantitative estimate of drug-likeness (QED) is 0.349. The van der Waals surface area contributed by atoms with Crippen molar-refractivity contribution in [3.05, 3.63) is 84.8 Å². The molecular formula is C24H28N3O2+. The first-order valence-corrected chi connectivity index (χ1v) is 9.78. The molecule has 0 aliphatic carbocycles. The maximum absolute atomic E-state index is 5.98. The second-order valence-electron chi connectivity index (χ2n) is 6.32. The number of methoxy groups -OCH3 is 1. The fourth-order valence-electron chi connectivity index (χ4n) is 3.14. The minimum absolute atomic E-state index is 0.689. The molecule has 0 bridgehead atoms. The van der Waals surface area contributed by atoms with Crippen molar-refractivity contribution in [2.75, 3.05) is 19.1 Å². The van der Waals surface area contributed by atoms with E-state index in [0.717, 1.165) is 28.4 Å². The van der Waals surface area contributed by atoms with E-state index >= 15 is 0 Å². The van der Waals surface area contributed by atoms with Gasteiger partial charge in [0.15, 0.2) is 0 Å². The number of rotatable bonds is 5. The van der Waals surface area contributed by atoms with Crippen molar-refractivity contribution >= 4 is 22.9 Å². The van der Waals surface area contributed by atoms with Crippen molar-refractivity contribution in [2.24, 2.45) is 7.05 Å². The minimum atomic E-state index is 0.689. The van der Waals surface area contributed by atoms with E-state index < -0.39 is 0 Å². The molecule has 0 radical (unpaired) electrons. The zero-order valence-electron chi connectivity index (χ0n) is 17.7. The van der Waals surface area contributed by atoms with Gasteiger partial charge in [0.2, 0.25) is 11.5 Å². The molecule has 0 fully saturated rings. The smallest absolute Gasteiger partial charge is 0.379 e. The van der Waals surface area contributed by atoms with Gasteiger partial charge in [0, 0.05) is 36.9 Å². The number of oxazole rings is 1. The number of aryl methyl sites for hydroxylation is 1.